The average Bonchev–Trinajstić information content (AvgIpc) is 2.98. The third kappa shape index (κ3) is 3.97. The summed E-state index contributed by atoms with van der Waals surface area (Å²) in [6.45, 7) is 5.00. The topological polar surface area (TPSA) is 111 Å². The minimum absolute atomic E-state index is 0.00799. The van der Waals surface area contributed by atoms with Crippen LogP contribution < -0.4 is 11.1 Å². The lowest BCUT2D eigenvalue weighted by atomic mass is 10.1. The SMILES string of the molecule is CCOC(=O)N1CCC(NC(=O)c2coc(C(C)N)n2)CC1. The van der Waals surface area contributed by atoms with Crippen molar-refractivity contribution in [2.75, 3.05) is 19.7 Å². The van der Waals surface area contributed by atoms with Gasteiger partial charge in [0.2, 0.25) is 5.89 Å². The largest absolute Gasteiger partial charge is 0.450 e. The zero-order chi connectivity index (χ0) is 16.1. The molecule has 0 radical (unpaired) electrons. The van der Waals surface area contributed by atoms with E-state index in [-0.39, 0.29) is 29.8 Å². The summed E-state index contributed by atoms with van der Waals surface area (Å²) >= 11 is 0. The van der Waals surface area contributed by atoms with Crippen LogP contribution in [0.25, 0.3) is 0 Å². The first-order chi connectivity index (χ1) is 10.5. The Hall–Kier alpha value is -2.09. The first kappa shape index (κ1) is 16.3. The van der Waals surface area contributed by atoms with Gasteiger partial charge in [0.25, 0.3) is 5.91 Å². The van der Waals surface area contributed by atoms with E-state index in [4.69, 9.17) is 14.9 Å². The Morgan fingerprint density at radius 1 is 1.55 bits per heavy atom. The lowest BCUT2D eigenvalue weighted by molar-refractivity contribution is 0.0856. The fraction of sp³-hybridized carbons (Fsp3) is 0.643. The highest BCUT2D eigenvalue weighted by molar-refractivity contribution is 5.92. The van der Waals surface area contributed by atoms with Crippen LogP contribution in [0, 0.1) is 0 Å². The molecular formula is C14H22N4O4. The van der Waals surface area contributed by atoms with E-state index in [0.29, 0.717) is 38.4 Å². The second-order valence-electron chi connectivity index (χ2n) is 5.29. The van der Waals surface area contributed by atoms with Gasteiger partial charge in [0.1, 0.15) is 6.26 Å². The number of nitrogens with two attached hydrogens (primary N) is 1. The molecule has 1 saturated heterocycles. The fourth-order valence-corrected chi connectivity index (χ4v) is 2.28. The standard InChI is InChI=1S/C14H22N4O4/c1-3-21-14(20)18-6-4-10(5-7-18)16-12(19)11-8-22-13(17-11)9(2)15/h8-10H,3-7,15H2,1-2H3,(H,16,19). The normalized spacial score (nSPS) is 17.1. The summed E-state index contributed by atoms with van der Waals surface area (Å²) in [7, 11) is 0. The predicted octanol–water partition coefficient (Wildman–Crippen LogP) is 1.04. The maximum Gasteiger partial charge on any atom is 0.409 e. The molecule has 0 bridgehead atoms. The van der Waals surface area contributed by atoms with E-state index in [1.165, 1.54) is 6.26 Å². The maximum atomic E-state index is 12.1. The number of nitrogens with one attached hydrogen (secondary N) is 1. The van der Waals surface area contributed by atoms with Gasteiger partial charge in [0.05, 0.1) is 12.6 Å². The molecule has 8 heteroatoms. The first-order valence-electron chi connectivity index (χ1n) is 7.44. The van der Waals surface area contributed by atoms with Crippen molar-refractivity contribution in [2.45, 2.75) is 38.8 Å². The smallest absolute Gasteiger partial charge is 0.409 e. The summed E-state index contributed by atoms with van der Waals surface area (Å²) in [6, 6.07) is -0.344. The van der Waals surface area contributed by atoms with E-state index in [1.54, 1.807) is 18.7 Å². The Kier molecular flexibility index (Phi) is 5.37. The van der Waals surface area contributed by atoms with Gasteiger partial charge in [-0.25, -0.2) is 9.78 Å². The Labute approximate surface area is 129 Å². The van der Waals surface area contributed by atoms with Crippen molar-refractivity contribution in [2.24, 2.45) is 5.73 Å². The van der Waals surface area contributed by atoms with Gasteiger partial charge in [-0.3, -0.25) is 4.79 Å². The van der Waals surface area contributed by atoms with Crippen LogP contribution in [-0.4, -0.2) is 47.6 Å². The number of hydrogen-bond donors (Lipinski definition) is 2. The van der Waals surface area contributed by atoms with Gasteiger partial charge in [0.15, 0.2) is 5.69 Å². The Morgan fingerprint density at radius 2 is 2.23 bits per heavy atom. The van der Waals surface area contributed by atoms with Crippen LogP contribution in [0.4, 0.5) is 4.79 Å². The number of carbonyl (C=O) groups excluding carboxylic acids is 2. The summed E-state index contributed by atoms with van der Waals surface area (Å²) < 4.78 is 10.1. The summed E-state index contributed by atoms with van der Waals surface area (Å²) in [5.41, 5.74) is 5.86. The average molecular weight is 310 g/mol. The molecule has 3 N–H and O–H groups in total. The van der Waals surface area contributed by atoms with E-state index < -0.39 is 0 Å². The van der Waals surface area contributed by atoms with Gasteiger partial charge in [-0.2, -0.15) is 0 Å². The highest BCUT2D eigenvalue weighted by atomic mass is 16.6. The van der Waals surface area contributed by atoms with Crippen LogP contribution in [0.2, 0.25) is 0 Å². The van der Waals surface area contributed by atoms with Crippen LogP contribution in [0.5, 0.6) is 0 Å². The number of ether oxygens (including phenoxy) is 1. The zero-order valence-corrected chi connectivity index (χ0v) is 12.9. The molecular weight excluding hydrogens is 288 g/mol. The highest BCUT2D eigenvalue weighted by Gasteiger charge is 2.25. The molecule has 0 aromatic carbocycles. The van der Waals surface area contributed by atoms with Crippen LogP contribution in [-0.2, 0) is 4.74 Å². The number of hydrogen-bond acceptors (Lipinski definition) is 6. The molecule has 0 saturated carbocycles. The molecule has 2 rings (SSSR count). The van der Waals surface area contributed by atoms with Gasteiger partial charge >= 0.3 is 6.09 Å². The van der Waals surface area contributed by atoms with Gasteiger partial charge < -0.3 is 25.1 Å². The van der Waals surface area contributed by atoms with Crippen molar-refractivity contribution in [3.8, 4) is 0 Å². The zero-order valence-electron chi connectivity index (χ0n) is 12.9. The molecule has 0 aliphatic carbocycles. The Bertz CT molecular complexity index is 521. The molecule has 1 aliphatic heterocycles. The van der Waals surface area contributed by atoms with Gasteiger partial charge in [-0.1, -0.05) is 0 Å². The van der Waals surface area contributed by atoms with Crippen LogP contribution in [0.1, 0.15) is 49.1 Å². The van der Waals surface area contributed by atoms with E-state index in [1.807, 2.05) is 0 Å². The number of nitrogens with zero attached hydrogens (tertiary/aromatic N) is 2. The van der Waals surface area contributed by atoms with Crippen molar-refractivity contribution >= 4 is 12.0 Å². The summed E-state index contributed by atoms with van der Waals surface area (Å²) in [5, 5.41) is 2.90. The molecule has 0 spiro atoms. The minimum Gasteiger partial charge on any atom is -0.450 e. The number of oxazole rings is 1. The van der Waals surface area contributed by atoms with Crippen molar-refractivity contribution in [1.82, 2.24) is 15.2 Å². The van der Waals surface area contributed by atoms with Crippen molar-refractivity contribution in [3.05, 3.63) is 17.8 Å². The molecule has 8 nitrogen and oxygen atoms in total. The van der Waals surface area contributed by atoms with Crippen LogP contribution in [0.15, 0.2) is 10.7 Å². The fourth-order valence-electron chi connectivity index (χ4n) is 2.28. The minimum atomic E-state index is -0.352. The maximum absolute atomic E-state index is 12.1. The molecule has 1 aromatic rings. The number of piperidine rings is 1. The molecule has 22 heavy (non-hydrogen) atoms. The van der Waals surface area contributed by atoms with Crippen molar-refractivity contribution in [1.29, 1.82) is 0 Å². The number of amides is 2. The number of aromatic nitrogens is 1. The van der Waals surface area contributed by atoms with Crippen molar-refractivity contribution < 1.29 is 18.7 Å². The van der Waals surface area contributed by atoms with E-state index in [2.05, 4.69) is 10.3 Å². The Balaban J connectivity index is 1.82. The summed E-state index contributed by atoms with van der Waals surface area (Å²) in [5.74, 6) is 0.0486. The van der Waals surface area contributed by atoms with Crippen LogP contribution in [0.3, 0.4) is 0 Å². The highest BCUT2D eigenvalue weighted by Crippen LogP contribution is 2.13. The molecule has 1 aliphatic rings. The monoisotopic (exact) mass is 310 g/mol. The number of carbonyl (C=O) groups is 2. The van der Waals surface area contributed by atoms with Gasteiger partial charge in [-0.05, 0) is 26.7 Å². The van der Waals surface area contributed by atoms with E-state index in [9.17, 15) is 9.59 Å². The second kappa shape index (κ2) is 7.26. The molecule has 2 heterocycles. The third-order valence-corrected chi connectivity index (χ3v) is 3.50. The molecule has 1 fully saturated rings. The predicted molar refractivity (Wildman–Crippen MR) is 78.2 cm³/mol. The lowest BCUT2D eigenvalue weighted by Crippen LogP contribution is -2.46. The lowest BCUT2D eigenvalue weighted by Gasteiger charge is -2.31. The molecule has 122 valence electrons. The Morgan fingerprint density at radius 3 is 2.77 bits per heavy atom. The quantitative estimate of drug-likeness (QED) is 0.859. The first-order valence-corrected chi connectivity index (χ1v) is 7.44. The van der Waals surface area contributed by atoms with Crippen LogP contribution >= 0.6 is 0 Å². The second-order valence-corrected chi connectivity index (χ2v) is 5.29. The molecule has 1 atom stereocenters. The van der Waals surface area contributed by atoms with Gasteiger partial charge in [-0.15, -0.1) is 0 Å². The van der Waals surface area contributed by atoms with Crippen molar-refractivity contribution in [3.63, 3.8) is 0 Å². The van der Waals surface area contributed by atoms with Gasteiger partial charge in [0, 0.05) is 19.1 Å². The number of likely N-dealkylation sites (tertiary alicyclic amines) is 1. The molecule has 1 aromatic heterocycles. The summed E-state index contributed by atoms with van der Waals surface area (Å²) in [6.07, 6.45) is 2.37. The molecule has 1 unspecified atom stereocenters. The third-order valence-electron chi connectivity index (χ3n) is 3.50. The van der Waals surface area contributed by atoms with E-state index in [0.717, 1.165) is 0 Å². The summed E-state index contributed by atoms with van der Waals surface area (Å²) in [4.78, 5) is 29.4. The van der Waals surface area contributed by atoms with E-state index >= 15 is 0 Å². The number of rotatable bonds is 4. The molecule has 2 amide bonds.